The van der Waals surface area contributed by atoms with Crippen molar-refractivity contribution < 1.29 is 13.2 Å². The molecule has 1 N–H and O–H groups in total. The molecular weight excluding hydrogens is 193 g/mol. The Morgan fingerprint density at radius 1 is 1.29 bits per heavy atom. The standard InChI is InChI=1S/C9H17F3N2/c1-14(7-4-9(10,11)12)8-2-5-13-6-3-8/h8,13H,2-7H2,1H3. The summed E-state index contributed by atoms with van der Waals surface area (Å²) >= 11 is 0. The summed E-state index contributed by atoms with van der Waals surface area (Å²) in [7, 11) is 1.78. The third kappa shape index (κ3) is 4.28. The van der Waals surface area contributed by atoms with Crippen LogP contribution in [-0.4, -0.2) is 43.8 Å². The Morgan fingerprint density at radius 3 is 2.36 bits per heavy atom. The summed E-state index contributed by atoms with van der Waals surface area (Å²) in [6, 6.07) is 0.318. The van der Waals surface area contributed by atoms with Gasteiger partial charge in [-0.15, -0.1) is 0 Å². The zero-order chi connectivity index (χ0) is 10.6. The molecule has 1 heterocycles. The monoisotopic (exact) mass is 210 g/mol. The highest BCUT2D eigenvalue weighted by atomic mass is 19.4. The van der Waals surface area contributed by atoms with E-state index in [9.17, 15) is 13.2 Å². The number of rotatable bonds is 3. The molecule has 1 aliphatic heterocycles. The Hall–Kier alpha value is -0.290. The van der Waals surface area contributed by atoms with Crippen molar-refractivity contribution in [3.8, 4) is 0 Å². The molecule has 0 unspecified atom stereocenters. The SMILES string of the molecule is CN(CCC(F)(F)F)C1CCNCC1. The molecule has 0 atom stereocenters. The van der Waals surface area contributed by atoms with E-state index in [2.05, 4.69) is 5.32 Å². The van der Waals surface area contributed by atoms with Gasteiger partial charge in [0.2, 0.25) is 0 Å². The average Bonchev–Trinajstić information content (AvgIpc) is 2.14. The van der Waals surface area contributed by atoms with Gasteiger partial charge in [0.05, 0.1) is 6.42 Å². The molecule has 0 saturated carbocycles. The van der Waals surface area contributed by atoms with E-state index in [-0.39, 0.29) is 6.54 Å². The minimum absolute atomic E-state index is 0.119. The molecule has 0 bridgehead atoms. The van der Waals surface area contributed by atoms with Crippen molar-refractivity contribution >= 4 is 0 Å². The minimum Gasteiger partial charge on any atom is -0.317 e. The number of nitrogens with one attached hydrogen (secondary N) is 1. The van der Waals surface area contributed by atoms with Crippen LogP contribution in [0.5, 0.6) is 0 Å². The van der Waals surface area contributed by atoms with Crippen LogP contribution in [-0.2, 0) is 0 Å². The zero-order valence-electron chi connectivity index (χ0n) is 8.40. The van der Waals surface area contributed by atoms with Crippen molar-refractivity contribution in [3.05, 3.63) is 0 Å². The van der Waals surface area contributed by atoms with Crippen LogP contribution in [0.25, 0.3) is 0 Å². The van der Waals surface area contributed by atoms with Gasteiger partial charge < -0.3 is 10.2 Å². The molecule has 14 heavy (non-hydrogen) atoms. The molecule has 0 amide bonds. The maximum Gasteiger partial charge on any atom is 0.390 e. The van der Waals surface area contributed by atoms with E-state index in [1.807, 2.05) is 4.90 Å². The number of alkyl halides is 3. The van der Waals surface area contributed by atoms with Gasteiger partial charge in [-0.05, 0) is 33.0 Å². The van der Waals surface area contributed by atoms with Gasteiger partial charge in [0.15, 0.2) is 0 Å². The van der Waals surface area contributed by atoms with E-state index >= 15 is 0 Å². The van der Waals surface area contributed by atoms with Crippen LogP contribution >= 0.6 is 0 Å². The van der Waals surface area contributed by atoms with E-state index in [1.165, 1.54) is 0 Å². The van der Waals surface area contributed by atoms with E-state index in [1.54, 1.807) is 7.05 Å². The maximum absolute atomic E-state index is 11.9. The lowest BCUT2D eigenvalue weighted by molar-refractivity contribution is -0.138. The molecule has 84 valence electrons. The number of halogens is 3. The van der Waals surface area contributed by atoms with Gasteiger partial charge in [0.25, 0.3) is 0 Å². The fraction of sp³-hybridized carbons (Fsp3) is 1.00. The largest absolute Gasteiger partial charge is 0.390 e. The normalized spacial score (nSPS) is 20.4. The molecule has 1 aliphatic rings. The van der Waals surface area contributed by atoms with E-state index in [0.29, 0.717) is 6.04 Å². The summed E-state index contributed by atoms with van der Waals surface area (Å²) in [5.74, 6) is 0. The van der Waals surface area contributed by atoms with Crippen LogP contribution in [0.1, 0.15) is 19.3 Å². The van der Waals surface area contributed by atoms with Crippen LogP contribution in [0.4, 0.5) is 13.2 Å². The Kier molecular flexibility index (Phi) is 4.19. The third-order valence-electron chi connectivity index (χ3n) is 2.68. The number of hydrogen-bond donors (Lipinski definition) is 1. The van der Waals surface area contributed by atoms with Crippen molar-refractivity contribution in [2.75, 3.05) is 26.7 Å². The van der Waals surface area contributed by atoms with Gasteiger partial charge in [0, 0.05) is 12.6 Å². The van der Waals surface area contributed by atoms with Gasteiger partial charge in [-0.1, -0.05) is 0 Å². The van der Waals surface area contributed by atoms with Crippen molar-refractivity contribution in [3.63, 3.8) is 0 Å². The van der Waals surface area contributed by atoms with Gasteiger partial charge in [-0.2, -0.15) is 13.2 Å². The fourth-order valence-electron chi connectivity index (χ4n) is 1.73. The quantitative estimate of drug-likeness (QED) is 0.761. The van der Waals surface area contributed by atoms with Crippen molar-refractivity contribution in [2.24, 2.45) is 0 Å². The average molecular weight is 210 g/mol. The van der Waals surface area contributed by atoms with Crippen molar-refractivity contribution in [2.45, 2.75) is 31.5 Å². The van der Waals surface area contributed by atoms with Crippen molar-refractivity contribution in [1.82, 2.24) is 10.2 Å². The first kappa shape index (κ1) is 11.8. The topological polar surface area (TPSA) is 15.3 Å². The molecule has 5 heteroatoms. The second-order valence-corrected chi connectivity index (χ2v) is 3.83. The number of hydrogen-bond acceptors (Lipinski definition) is 2. The molecule has 0 aromatic rings. The third-order valence-corrected chi connectivity index (χ3v) is 2.68. The van der Waals surface area contributed by atoms with Crippen LogP contribution in [0.2, 0.25) is 0 Å². The zero-order valence-corrected chi connectivity index (χ0v) is 8.40. The molecule has 0 spiro atoms. The summed E-state index contributed by atoms with van der Waals surface area (Å²) in [5, 5.41) is 3.19. The van der Waals surface area contributed by atoms with E-state index in [0.717, 1.165) is 25.9 Å². The van der Waals surface area contributed by atoms with Gasteiger partial charge in [-0.3, -0.25) is 0 Å². The second kappa shape index (κ2) is 4.98. The highest BCUT2D eigenvalue weighted by Crippen LogP contribution is 2.21. The number of nitrogens with zero attached hydrogens (tertiary/aromatic N) is 1. The highest BCUT2D eigenvalue weighted by Gasteiger charge is 2.28. The first-order valence-electron chi connectivity index (χ1n) is 4.97. The summed E-state index contributed by atoms with van der Waals surface area (Å²) in [4.78, 5) is 1.83. The minimum atomic E-state index is -4.03. The molecule has 1 rings (SSSR count). The molecule has 0 radical (unpaired) electrons. The van der Waals surface area contributed by atoms with Crippen molar-refractivity contribution in [1.29, 1.82) is 0 Å². The molecule has 1 saturated heterocycles. The predicted octanol–water partition coefficient (Wildman–Crippen LogP) is 1.62. The van der Waals surface area contributed by atoms with Crippen LogP contribution in [0.15, 0.2) is 0 Å². The predicted molar refractivity (Wildman–Crippen MR) is 49.2 cm³/mol. The van der Waals surface area contributed by atoms with Gasteiger partial charge >= 0.3 is 6.18 Å². The molecular formula is C9H17F3N2. The van der Waals surface area contributed by atoms with Gasteiger partial charge in [-0.25, -0.2) is 0 Å². The molecule has 0 aliphatic carbocycles. The summed E-state index contributed by atoms with van der Waals surface area (Å²) in [6.07, 6.45) is -2.82. The van der Waals surface area contributed by atoms with E-state index < -0.39 is 12.6 Å². The Balaban J connectivity index is 2.23. The lowest BCUT2D eigenvalue weighted by Crippen LogP contribution is -2.42. The summed E-state index contributed by atoms with van der Waals surface area (Å²) in [6.45, 7) is 1.95. The smallest absolute Gasteiger partial charge is 0.317 e. The number of piperidine rings is 1. The Labute approximate surface area is 82.5 Å². The lowest BCUT2D eigenvalue weighted by atomic mass is 10.1. The maximum atomic E-state index is 11.9. The van der Waals surface area contributed by atoms with Crippen LogP contribution < -0.4 is 5.32 Å². The second-order valence-electron chi connectivity index (χ2n) is 3.83. The first-order chi connectivity index (χ1) is 6.49. The van der Waals surface area contributed by atoms with E-state index in [4.69, 9.17) is 0 Å². The lowest BCUT2D eigenvalue weighted by Gasteiger charge is -2.31. The molecule has 0 aromatic carbocycles. The first-order valence-corrected chi connectivity index (χ1v) is 4.97. The summed E-state index contributed by atoms with van der Waals surface area (Å²) in [5.41, 5.74) is 0. The molecule has 2 nitrogen and oxygen atoms in total. The summed E-state index contributed by atoms with van der Waals surface area (Å²) < 4.78 is 35.8. The highest BCUT2D eigenvalue weighted by molar-refractivity contribution is 4.76. The molecule has 0 aromatic heterocycles. The van der Waals surface area contributed by atoms with Crippen LogP contribution in [0, 0.1) is 0 Å². The Morgan fingerprint density at radius 2 is 1.86 bits per heavy atom. The fourth-order valence-corrected chi connectivity index (χ4v) is 1.73. The van der Waals surface area contributed by atoms with Gasteiger partial charge in [0.1, 0.15) is 0 Å². The van der Waals surface area contributed by atoms with Crippen LogP contribution in [0.3, 0.4) is 0 Å². The molecule has 1 fully saturated rings. The Bertz CT molecular complexity index is 164.